The zero-order valence-electron chi connectivity index (χ0n) is 19.7. The molecule has 0 atom stereocenters. The zero-order chi connectivity index (χ0) is 24.5. The molecule has 1 aromatic carbocycles. The van der Waals surface area contributed by atoms with Gasteiger partial charge in [0.25, 0.3) is 0 Å². The van der Waals surface area contributed by atoms with E-state index in [0.717, 1.165) is 46.9 Å². The molecule has 10 heteroatoms. The van der Waals surface area contributed by atoms with Crippen molar-refractivity contribution in [1.29, 1.82) is 0 Å². The second kappa shape index (κ2) is 10.3. The summed E-state index contributed by atoms with van der Waals surface area (Å²) in [5, 5.41) is 10.3. The van der Waals surface area contributed by atoms with Gasteiger partial charge in [-0.3, -0.25) is 9.38 Å². The number of rotatable bonds is 5. The van der Waals surface area contributed by atoms with Crippen molar-refractivity contribution >= 4 is 52.9 Å². The molecule has 0 bridgehead atoms. The molecular formula is C27H23ClN6O3. The summed E-state index contributed by atoms with van der Waals surface area (Å²) in [4.78, 5) is 32.1. The molecule has 5 heterocycles. The number of para-hydroxylation sites is 1. The summed E-state index contributed by atoms with van der Waals surface area (Å²) in [5.74, 6) is -0.245. The van der Waals surface area contributed by atoms with Crippen molar-refractivity contribution < 1.29 is 14.6 Å². The number of pyridine rings is 2. The van der Waals surface area contributed by atoms with Gasteiger partial charge in [0.15, 0.2) is 11.5 Å². The fourth-order valence-electron chi connectivity index (χ4n) is 4.27. The van der Waals surface area contributed by atoms with Gasteiger partial charge in [-0.05, 0) is 36.4 Å². The number of halogens is 1. The molecular weight excluding hydrogens is 492 g/mol. The summed E-state index contributed by atoms with van der Waals surface area (Å²) in [7, 11) is 0. The third kappa shape index (κ3) is 4.87. The van der Waals surface area contributed by atoms with Crippen molar-refractivity contribution in [3.63, 3.8) is 0 Å². The van der Waals surface area contributed by atoms with Gasteiger partial charge in [-0.2, -0.15) is 0 Å². The molecule has 5 aromatic rings. The number of carboxylic acids is 1. The summed E-state index contributed by atoms with van der Waals surface area (Å²) < 4.78 is 7.46. The number of hydrogen-bond acceptors (Lipinski definition) is 7. The van der Waals surface area contributed by atoms with E-state index < -0.39 is 5.97 Å². The van der Waals surface area contributed by atoms with Crippen molar-refractivity contribution in [2.24, 2.45) is 0 Å². The number of fused-ring (bicyclic) bond motifs is 2. The van der Waals surface area contributed by atoms with E-state index in [4.69, 9.17) is 19.7 Å². The normalized spacial score (nSPS) is 13.8. The van der Waals surface area contributed by atoms with E-state index in [1.54, 1.807) is 12.3 Å². The number of hydrogen-bond donors (Lipinski definition) is 1. The Labute approximate surface area is 218 Å². The summed E-state index contributed by atoms with van der Waals surface area (Å²) >= 11 is 0. The Kier molecular flexibility index (Phi) is 6.80. The van der Waals surface area contributed by atoms with Crippen LogP contribution in [0.2, 0.25) is 0 Å². The minimum Gasteiger partial charge on any atom is -0.478 e. The molecule has 0 saturated carbocycles. The number of imidazole rings is 1. The molecule has 6 rings (SSSR count). The maximum Gasteiger partial charge on any atom is 0.337 e. The van der Waals surface area contributed by atoms with Crippen LogP contribution in [0.1, 0.15) is 21.7 Å². The standard InChI is InChI=1S/C27H22N6O3.ClH/c34-27(35)19-6-10-23(28-15-19)24-16-29-25(32-11-13-36-14-12-32)26-31-21(17-33(24)26)9-8-20-7-5-18-3-1-2-4-22(18)30-20;/h1-10,15-17H,11-14H2,(H,34,35);1H/b9-8+;. The fraction of sp³-hybridized carbons (Fsp3) is 0.148. The zero-order valence-corrected chi connectivity index (χ0v) is 20.5. The summed E-state index contributed by atoms with van der Waals surface area (Å²) in [6.45, 7) is 2.73. The number of carbonyl (C=O) groups is 1. The second-order valence-corrected chi connectivity index (χ2v) is 8.43. The van der Waals surface area contributed by atoms with E-state index in [1.165, 1.54) is 12.3 Å². The minimum absolute atomic E-state index is 0. The molecule has 1 fully saturated rings. The summed E-state index contributed by atoms with van der Waals surface area (Å²) in [6, 6.07) is 15.3. The SMILES string of the molecule is Cl.O=C(O)c1ccc(-c2cnc(N3CCOCC3)c3nc(/C=C/c4ccc5ccccc5n4)cn23)nc1. The van der Waals surface area contributed by atoms with Crippen LogP contribution in [-0.2, 0) is 4.74 Å². The van der Waals surface area contributed by atoms with E-state index >= 15 is 0 Å². The lowest BCUT2D eigenvalue weighted by Gasteiger charge is -2.28. The van der Waals surface area contributed by atoms with Gasteiger partial charge >= 0.3 is 5.97 Å². The third-order valence-corrected chi connectivity index (χ3v) is 6.12. The first-order valence-electron chi connectivity index (χ1n) is 11.6. The maximum absolute atomic E-state index is 11.2. The van der Waals surface area contributed by atoms with Crippen LogP contribution in [0.25, 0.3) is 40.1 Å². The lowest BCUT2D eigenvalue weighted by molar-refractivity contribution is 0.0696. The lowest BCUT2D eigenvalue weighted by Crippen LogP contribution is -2.37. The van der Waals surface area contributed by atoms with Gasteiger partial charge in [-0.1, -0.05) is 24.3 Å². The predicted molar refractivity (Wildman–Crippen MR) is 144 cm³/mol. The predicted octanol–water partition coefficient (Wildman–Crippen LogP) is 4.47. The van der Waals surface area contributed by atoms with Crippen LogP contribution in [0.5, 0.6) is 0 Å². The van der Waals surface area contributed by atoms with Crippen molar-refractivity contribution in [2.75, 3.05) is 31.2 Å². The maximum atomic E-state index is 11.2. The largest absolute Gasteiger partial charge is 0.478 e. The first-order chi connectivity index (χ1) is 17.7. The second-order valence-electron chi connectivity index (χ2n) is 8.43. The number of ether oxygens (including phenoxy) is 1. The van der Waals surface area contributed by atoms with Gasteiger partial charge in [0.1, 0.15) is 0 Å². The van der Waals surface area contributed by atoms with E-state index in [2.05, 4.69) is 16.0 Å². The van der Waals surface area contributed by atoms with E-state index in [0.29, 0.717) is 24.6 Å². The van der Waals surface area contributed by atoms with Gasteiger partial charge in [-0.25, -0.2) is 19.7 Å². The number of aromatic nitrogens is 5. The van der Waals surface area contributed by atoms with Crippen LogP contribution >= 0.6 is 12.4 Å². The van der Waals surface area contributed by atoms with E-state index in [-0.39, 0.29) is 18.0 Å². The molecule has 0 unspecified atom stereocenters. The molecule has 1 aliphatic heterocycles. The van der Waals surface area contributed by atoms with Gasteiger partial charge in [0, 0.05) is 30.9 Å². The summed E-state index contributed by atoms with van der Waals surface area (Å²) in [6.07, 6.45) is 8.90. The van der Waals surface area contributed by atoms with Crippen molar-refractivity contribution in [3.05, 3.63) is 84.1 Å². The number of carboxylic acid groups (broad SMARTS) is 1. The van der Waals surface area contributed by atoms with Gasteiger partial charge in [-0.15, -0.1) is 12.4 Å². The quantitative estimate of drug-likeness (QED) is 0.366. The van der Waals surface area contributed by atoms with Gasteiger partial charge in [0.05, 0.1) is 53.3 Å². The highest BCUT2D eigenvalue weighted by molar-refractivity contribution is 5.87. The monoisotopic (exact) mass is 514 g/mol. The van der Waals surface area contributed by atoms with Crippen LogP contribution in [-0.4, -0.2) is 61.7 Å². The Morgan fingerprint density at radius 1 is 0.919 bits per heavy atom. The smallest absolute Gasteiger partial charge is 0.337 e. The molecule has 1 saturated heterocycles. The van der Waals surface area contributed by atoms with Gasteiger partial charge < -0.3 is 14.7 Å². The lowest BCUT2D eigenvalue weighted by atomic mass is 10.2. The molecule has 186 valence electrons. The summed E-state index contributed by atoms with van der Waals surface area (Å²) in [5.41, 5.74) is 4.67. The van der Waals surface area contributed by atoms with Crippen LogP contribution in [0.4, 0.5) is 5.82 Å². The average molecular weight is 515 g/mol. The van der Waals surface area contributed by atoms with Crippen molar-refractivity contribution in [2.45, 2.75) is 0 Å². The number of aromatic carboxylic acids is 1. The third-order valence-electron chi connectivity index (χ3n) is 6.12. The molecule has 4 aromatic heterocycles. The highest BCUT2D eigenvalue weighted by Gasteiger charge is 2.20. The van der Waals surface area contributed by atoms with Crippen molar-refractivity contribution in [1.82, 2.24) is 24.3 Å². The Balaban J connectivity index is 0.00000280. The minimum atomic E-state index is -1.02. The highest BCUT2D eigenvalue weighted by Crippen LogP contribution is 2.26. The molecule has 0 radical (unpaired) electrons. The molecule has 0 amide bonds. The van der Waals surface area contributed by atoms with E-state index in [9.17, 15) is 9.90 Å². The average Bonchev–Trinajstić information content (AvgIpc) is 3.36. The first-order valence-corrected chi connectivity index (χ1v) is 11.6. The first kappa shape index (κ1) is 24.4. The van der Waals surface area contributed by atoms with Crippen molar-refractivity contribution in [3.8, 4) is 11.4 Å². The van der Waals surface area contributed by atoms with E-state index in [1.807, 2.05) is 53.1 Å². The van der Waals surface area contributed by atoms with Crippen LogP contribution in [0, 0.1) is 0 Å². The number of benzene rings is 1. The Morgan fingerprint density at radius 3 is 2.51 bits per heavy atom. The Bertz CT molecular complexity index is 1610. The molecule has 0 aliphatic carbocycles. The molecule has 1 aliphatic rings. The molecule has 9 nitrogen and oxygen atoms in total. The highest BCUT2D eigenvalue weighted by atomic mass is 35.5. The van der Waals surface area contributed by atoms with Crippen LogP contribution < -0.4 is 4.90 Å². The fourth-order valence-corrected chi connectivity index (χ4v) is 4.27. The number of nitrogens with zero attached hydrogens (tertiary/aromatic N) is 6. The van der Waals surface area contributed by atoms with Crippen LogP contribution in [0.3, 0.4) is 0 Å². The Morgan fingerprint density at radius 2 is 1.73 bits per heavy atom. The molecule has 1 N–H and O–H groups in total. The molecule has 37 heavy (non-hydrogen) atoms. The number of anilines is 1. The van der Waals surface area contributed by atoms with Crippen LogP contribution in [0.15, 0.2) is 67.1 Å². The van der Waals surface area contributed by atoms with Gasteiger partial charge in [0.2, 0.25) is 0 Å². The Hall–Kier alpha value is -4.34. The molecule has 0 spiro atoms. The number of morpholine rings is 1. The topological polar surface area (TPSA) is 106 Å².